The Kier molecular flexibility index (Phi) is 6.76. The molecule has 4 aromatic rings. The van der Waals surface area contributed by atoms with Crippen LogP contribution in [0.5, 0.6) is 0 Å². The number of rotatable bonds is 7. The summed E-state index contributed by atoms with van der Waals surface area (Å²) < 4.78 is 1.95. The number of amides is 1. The molecule has 6 nitrogen and oxygen atoms in total. The van der Waals surface area contributed by atoms with E-state index in [1.165, 1.54) is 11.8 Å². The molecule has 0 atom stereocenters. The summed E-state index contributed by atoms with van der Waals surface area (Å²) >= 11 is 7.24. The molecule has 0 spiro atoms. The first kappa shape index (κ1) is 20.8. The number of nitrogens with zero attached hydrogens (tertiary/aromatic N) is 4. The van der Waals surface area contributed by atoms with Crippen LogP contribution in [0.2, 0.25) is 5.02 Å². The van der Waals surface area contributed by atoms with E-state index >= 15 is 0 Å². The van der Waals surface area contributed by atoms with Crippen LogP contribution in [0.4, 0.5) is 0 Å². The molecule has 0 bridgehead atoms. The van der Waals surface area contributed by atoms with Crippen LogP contribution in [0.15, 0.2) is 95.2 Å². The van der Waals surface area contributed by atoms with E-state index in [2.05, 4.69) is 20.7 Å². The number of carbonyl (C=O) groups excluding carboxylic acids is 1. The molecule has 0 saturated carbocycles. The molecular formula is C23H18ClN5OS. The average Bonchev–Trinajstić information content (AvgIpc) is 3.23. The Labute approximate surface area is 189 Å². The molecule has 154 valence electrons. The van der Waals surface area contributed by atoms with Gasteiger partial charge in [-0.2, -0.15) is 5.10 Å². The molecule has 4 rings (SSSR count). The van der Waals surface area contributed by atoms with E-state index in [-0.39, 0.29) is 11.7 Å². The van der Waals surface area contributed by atoms with Gasteiger partial charge in [-0.05, 0) is 29.8 Å². The Bertz CT molecular complexity index is 1200. The van der Waals surface area contributed by atoms with E-state index in [1.807, 2.05) is 77.4 Å². The highest BCUT2D eigenvalue weighted by Gasteiger charge is 2.16. The number of hydrogen-bond donors (Lipinski definition) is 1. The molecule has 3 aromatic carbocycles. The van der Waals surface area contributed by atoms with E-state index in [4.69, 9.17) is 11.6 Å². The van der Waals surface area contributed by atoms with Crippen LogP contribution < -0.4 is 5.43 Å². The first-order valence-corrected chi connectivity index (χ1v) is 10.8. The molecule has 1 aromatic heterocycles. The number of thioether (sulfide) groups is 1. The van der Waals surface area contributed by atoms with Gasteiger partial charge in [-0.3, -0.25) is 9.36 Å². The van der Waals surface area contributed by atoms with Crippen LogP contribution in [-0.4, -0.2) is 32.6 Å². The number of carbonyl (C=O) groups is 1. The molecule has 0 fully saturated rings. The predicted octanol–water partition coefficient (Wildman–Crippen LogP) is 4.83. The molecule has 1 heterocycles. The lowest BCUT2D eigenvalue weighted by molar-refractivity contribution is -0.118. The molecule has 0 saturated heterocycles. The van der Waals surface area contributed by atoms with Gasteiger partial charge in [0.25, 0.3) is 5.91 Å². The third kappa shape index (κ3) is 5.39. The Morgan fingerprint density at radius 2 is 1.74 bits per heavy atom. The minimum Gasteiger partial charge on any atom is -0.272 e. The first-order chi connectivity index (χ1) is 15.2. The van der Waals surface area contributed by atoms with Gasteiger partial charge in [0, 0.05) is 16.3 Å². The summed E-state index contributed by atoms with van der Waals surface area (Å²) in [5.74, 6) is 0.618. The topological polar surface area (TPSA) is 72.2 Å². The maximum atomic E-state index is 12.3. The minimum atomic E-state index is -0.243. The van der Waals surface area contributed by atoms with Crippen molar-refractivity contribution in [2.24, 2.45) is 5.10 Å². The number of hydrazone groups is 1. The number of para-hydroxylation sites is 1. The predicted molar refractivity (Wildman–Crippen MR) is 125 cm³/mol. The van der Waals surface area contributed by atoms with Gasteiger partial charge in [0.2, 0.25) is 0 Å². The van der Waals surface area contributed by atoms with Crippen LogP contribution in [0.25, 0.3) is 17.1 Å². The fourth-order valence-corrected chi connectivity index (χ4v) is 3.82. The quantitative estimate of drug-likeness (QED) is 0.250. The van der Waals surface area contributed by atoms with E-state index in [9.17, 15) is 4.79 Å². The number of hydrogen-bond acceptors (Lipinski definition) is 5. The van der Waals surface area contributed by atoms with Crippen molar-refractivity contribution in [3.63, 3.8) is 0 Å². The van der Waals surface area contributed by atoms with Crippen LogP contribution in [0.1, 0.15) is 5.56 Å². The van der Waals surface area contributed by atoms with E-state index in [1.54, 1.807) is 18.3 Å². The molecule has 0 aliphatic heterocycles. The number of halogens is 1. The molecule has 1 N–H and O–H groups in total. The van der Waals surface area contributed by atoms with Crippen molar-refractivity contribution in [3.05, 3.63) is 95.5 Å². The van der Waals surface area contributed by atoms with E-state index in [0.29, 0.717) is 16.0 Å². The van der Waals surface area contributed by atoms with Gasteiger partial charge < -0.3 is 0 Å². The summed E-state index contributed by atoms with van der Waals surface area (Å²) in [6, 6.07) is 26.9. The lowest BCUT2D eigenvalue weighted by atomic mass is 10.2. The van der Waals surface area contributed by atoms with Crippen LogP contribution >= 0.6 is 23.4 Å². The second kappa shape index (κ2) is 10.1. The number of benzene rings is 3. The second-order valence-corrected chi connectivity index (χ2v) is 7.86. The molecule has 8 heteroatoms. The summed E-state index contributed by atoms with van der Waals surface area (Å²) in [4.78, 5) is 12.3. The molecule has 0 radical (unpaired) electrons. The van der Waals surface area contributed by atoms with Crippen molar-refractivity contribution in [1.82, 2.24) is 20.2 Å². The number of aromatic nitrogens is 3. The monoisotopic (exact) mass is 447 g/mol. The minimum absolute atomic E-state index is 0.145. The Hall–Kier alpha value is -3.42. The van der Waals surface area contributed by atoms with E-state index in [0.717, 1.165) is 16.8 Å². The van der Waals surface area contributed by atoms with Gasteiger partial charge in [-0.15, -0.1) is 10.2 Å². The molecule has 1 amide bonds. The lowest BCUT2D eigenvalue weighted by Crippen LogP contribution is -2.20. The largest absolute Gasteiger partial charge is 0.272 e. The molecule has 0 aliphatic rings. The lowest BCUT2D eigenvalue weighted by Gasteiger charge is -2.10. The third-order valence-corrected chi connectivity index (χ3v) is 5.43. The van der Waals surface area contributed by atoms with Crippen molar-refractivity contribution in [1.29, 1.82) is 0 Å². The molecule has 0 unspecified atom stereocenters. The van der Waals surface area contributed by atoms with E-state index < -0.39 is 0 Å². The van der Waals surface area contributed by atoms with Crippen molar-refractivity contribution in [2.75, 3.05) is 5.75 Å². The van der Waals surface area contributed by atoms with Gasteiger partial charge in [-0.1, -0.05) is 84.0 Å². The fourth-order valence-electron chi connectivity index (χ4n) is 2.88. The van der Waals surface area contributed by atoms with Gasteiger partial charge in [-0.25, -0.2) is 5.43 Å². The summed E-state index contributed by atoms with van der Waals surface area (Å²) in [5.41, 5.74) is 5.20. The summed E-state index contributed by atoms with van der Waals surface area (Å²) in [6.45, 7) is 0. The normalized spacial score (nSPS) is 11.0. The maximum absolute atomic E-state index is 12.3. The van der Waals surface area contributed by atoms with Crippen molar-refractivity contribution >= 4 is 35.5 Å². The second-order valence-electron chi connectivity index (χ2n) is 6.48. The maximum Gasteiger partial charge on any atom is 0.250 e. The van der Waals surface area contributed by atoms with Crippen molar-refractivity contribution in [2.45, 2.75) is 5.16 Å². The molecular weight excluding hydrogens is 430 g/mol. The summed E-state index contributed by atoms with van der Waals surface area (Å²) in [7, 11) is 0. The Morgan fingerprint density at radius 3 is 2.48 bits per heavy atom. The van der Waals surface area contributed by atoms with Gasteiger partial charge in [0.05, 0.1) is 12.0 Å². The first-order valence-electron chi connectivity index (χ1n) is 9.47. The van der Waals surface area contributed by atoms with Gasteiger partial charge in [0.1, 0.15) is 0 Å². The Morgan fingerprint density at radius 1 is 1.00 bits per heavy atom. The Balaban J connectivity index is 1.48. The van der Waals surface area contributed by atoms with Crippen molar-refractivity contribution < 1.29 is 4.79 Å². The van der Waals surface area contributed by atoms with Gasteiger partial charge in [0.15, 0.2) is 11.0 Å². The third-order valence-electron chi connectivity index (χ3n) is 4.26. The van der Waals surface area contributed by atoms with Crippen LogP contribution in [0.3, 0.4) is 0 Å². The van der Waals surface area contributed by atoms with Gasteiger partial charge >= 0.3 is 0 Å². The molecule has 0 aliphatic carbocycles. The summed E-state index contributed by atoms with van der Waals surface area (Å²) in [6.07, 6.45) is 1.55. The van der Waals surface area contributed by atoms with Crippen LogP contribution in [-0.2, 0) is 4.79 Å². The summed E-state index contributed by atoms with van der Waals surface area (Å²) in [5, 5.41) is 13.9. The zero-order chi connectivity index (χ0) is 21.5. The SMILES string of the molecule is O=C(CSc1nnc(-c2ccccc2)n1-c1ccccc1)NN=Cc1cccc(Cl)c1. The highest BCUT2D eigenvalue weighted by Crippen LogP contribution is 2.27. The highest BCUT2D eigenvalue weighted by atomic mass is 35.5. The number of nitrogens with one attached hydrogen (secondary N) is 1. The van der Waals surface area contributed by atoms with Crippen LogP contribution in [0, 0.1) is 0 Å². The zero-order valence-electron chi connectivity index (χ0n) is 16.4. The standard InChI is InChI=1S/C23H18ClN5OS/c24-19-11-7-8-17(14-19)15-25-26-21(30)16-31-23-28-27-22(18-9-3-1-4-10-18)29(23)20-12-5-2-6-13-20/h1-15H,16H2,(H,26,30). The smallest absolute Gasteiger partial charge is 0.250 e. The molecule has 31 heavy (non-hydrogen) atoms. The highest BCUT2D eigenvalue weighted by molar-refractivity contribution is 7.99. The zero-order valence-corrected chi connectivity index (χ0v) is 17.9. The van der Waals surface area contributed by atoms with Crippen molar-refractivity contribution in [3.8, 4) is 17.1 Å². The average molecular weight is 448 g/mol. The fraction of sp³-hybridized carbons (Fsp3) is 0.0435.